The number of aryl methyl sites for hydroxylation is 1. The first-order chi connectivity index (χ1) is 13.1. The van der Waals surface area contributed by atoms with Crippen molar-refractivity contribution in [2.45, 2.75) is 44.2 Å². The first-order valence-corrected chi connectivity index (χ1v) is 9.50. The van der Waals surface area contributed by atoms with Crippen LogP contribution in [0.5, 0.6) is 0 Å². The Morgan fingerprint density at radius 1 is 1.30 bits per heavy atom. The van der Waals surface area contributed by atoms with Crippen LogP contribution in [0.1, 0.15) is 41.9 Å². The fourth-order valence-electron chi connectivity index (χ4n) is 4.82. The van der Waals surface area contributed by atoms with Crippen LogP contribution in [0.2, 0.25) is 0 Å². The number of likely N-dealkylation sites (tertiary alicyclic amines) is 1. The van der Waals surface area contributed by atoms with Crippen molar-refractivity contribution in [3.05, 3.63) is 53.9 Å². The molecule has 5 rings (SSSR count). The highest BCUT2D eigenvalue weighted by atomic mass is 16.5. The van der Waals surface area contributed by atoms with Crippen LogP contribution in [-0.4, -0.2) is 56.3 Å². The Balaban J connectivity index is 1.45. The van der Waals surface area contributed by atoms with E-state index in [2.05, 4.69) is 5.10 Å². The van der Waals surface area contributed by atoms with Crippen molar-refractivity contribution >= 4 is 11.8 Å². The van der Waals surface area contributed by atoms with E-state index in [1.807, 2.05) is 47.1 Å². The van der Waals surface area contributed by atoms with Gasteiger partial charge in [-0.1, -0.05) is 30.3 Å². The Hall–Kier alpha value is -2.67. The second-order valence-corrected chi connectivity index (χ2v) is 7.37. The molecule has 1 spiro atoms. The summed E-state index contributed by atoms with van der Waals surface area (Å²) in [5.41, 5.74) is 0.948. The van der Waals surface area contributed by atoms with Gasteiger partial charge in [0.2, 0.25) is 5.91 Å². The van der Waals surface area contributed by atoms with Crippen molar-refractivity contribution in [2.24, 2.45) is 0 Å². The molecule has 2 aromatic rings. The molecule has 0 N–H and O–H groups in total. The second kappa shape index (κ2) is 5.92. The van der Waals surface area contributed by atoms with E-state index in [1.165, 1.54) is 0 Å². The SMILES string of the molecule is CCn1nccc1C(=O)N1CC[C@@]23O[C@@H](c4ccccc4)CN2C(=O)C[C@@H]13. The summed E-state index contributed by atoms with van der Waals surface area (Å²) in [7, 11) is 0. The average molecular weight is 366 g/mol. The molecule has 1 aromatic heterocycles. The third-order valence-electron chi connectivity index (χ3n) is 6.10. The molecular formula is C20H22N4O3. The maximum atomic E-state index is 13.2. The molecule has 1 aromatic carbocycles. The van der Waals surface area contributed by atoms with E-state index in [0.717, 1.165) is 5.56 Å². The summed E-state index contributed by atoms with van der Waals surface area (Å²) in [6.07, 6.45) is 2.48. The lowest BCUT2D eigenvalue weighted by Gasteiger charge is -2.32. The monoisotopic (exact) mass is 366 g/mol. The van der Waals surface area contributed by atoms with Gasteiger partial charge in [0.15, 0.2) is 5.72 Å². The Labute approximate surface area is 157 Å². The Morgan fingerprint density at radius 3 is 2.89 bits per heavy atom. The van der Waals surface area contributed by atoms with Crippen molar-refractivity contribution in [3.8, 4) is 0 Å². The molecular weight excluding hydrogens is 344 g/mol. The predicted octanol–water partition coefficient (Wildman–Crippen LogP) is 1.82. The van der Waals surface area contributed by atoms with Crippen LogP contribution in [0.4, 0.5) is 0 Å². The Bertz CT molecular complexity index is 896. The lowest BCUT2D eigenvalue weighted by Crippen LogP contribution is -2.49. The molecule has 0 radical (unpaired) electrons. The number of aromatic nitrogens is 2. The van der Waals surface area contributed by atoms with Gasteiger partial charge in [-0.25, -0.2) is 0 Å². The number of carbonyl (C=O) groups is 2. The molecule has 3 fully saturated rings. The van der Waals surface area contributed by atoms with Crippen molar-refractivity contribution in [2.75, 3.05) is 13.1 Å². The van der Waals surface area contributed by atoms with E-state index >= 15 is 0 Å². The number of carbonyl (C=O) groups excluding carboxylic acids is 2. The Kier molecular flexibility index (Phi) is 3.62. The fourth-order valence-corrected chi connectivity index (χ4v) is 4.82. The number of benzene rings is 1. The van der Waals surface area contributed by atoms with E-state index < -0.39 is 5.72 Å². The van der Waals surface area contributed by atoms with Gasteiger partial charge in [-0.2, -0.15) is 5.10 Å². The molecule has 4 heterocycles. The number of amides is 2. The summed E-state index contributed by atoms with van der Waals surface area (Å²) < 4.78 is 8.20. The molecule has 7 heteroatoms. The lowest BCUT2D eigenvalue weighted by molar-refractivity contribution is -0.138. The number of ether oxygens (including phenoxy) is 1. The maximum Gasteiger partial charge on any atom is 0.272 e. The van der Waals surface area contributed by atoms with Crippen LogP contribution in [0.15, 0.2) is 42.6 Å². The van der Waals surface area contributed by atoms with E-state index in [4.69, 9.17) is 4.74 Å². The van der Waals surface area contributed by atoms with Gasteiger partial charge < -0.3 is 14.5 Å². The molecule has 27 heavy (non-hydrogen) atoms. The minimum Gasteiger partial charge on any atom is -0.343 e. The number of hydrogen-bond donors (Lipinski definition) is 0. The highest BCUT2D eigenvalue weighted by Crippen LogP contribution is 2.50. The van der Waals surface area contributed by atoms with Crippen molar-refractivity contribution in [1.29, 1.82) is 0 Å². The van der Waals surface area contributed by atoms with E-state index in [0.29, 0.717) is 38.2 Å². The molecule has 3 saturated heterocycles. The minimum atomic E-state index is -0.690. The molecule has 3 aliphatic heterocycles. The van der Waals surface area contributed by atoms with E-state index in [-0.39, 0.29) is 24.0 Å². The van der Waals surface area contributed by atoms with Crippen molar-refractivity contribution in [3.63, 3.8) is 0 Å². The van der Waals surface area contributed by atoms with Crippen LogP contribution in [0.25, 0.3) is 0 Å². The predicted molar refractivity (Wildman–Crippen MR) is 96.7 cm³/mol. The smallest absolute Gasteiger partial charge is 0.272 e. The zero-order valence-electron chi connectivity index (χ0n) is 15.2. The third kappa shape index (κ3) is 2.27. The van der Waals surface area contributed by atoms with Crippen LogP contribution in [-0.2, 0) is 16.1 Å². The van der Waals surface area contributed by atoms with Gasteiger partial charge in [-0.05, 0) is 18.6 Å². The summed E-state index contributed by atoms with van der Waals surface area (Å²) >= 11 is 0. The van der Waals surface area contributed by atoms with Gasteiger partial charge in [0, 0.05) is 25.7 Å². The maximum absolute atomic E-state index is 13.2. The van der Waals surface area contributed by atoms with Crippen LogP contribution in [0.3, 0.4) is 0 Å². The lowest BCUT2D eigenvalue weighted by atomic mass is 10.1. The van der Waals surface area contributed by atoms with Crippen molar-refractivity contribution < 1.29 is 14.3 Å². The molecule has 0 bridgehead atoms. The van der Waals surface area contributed by atoms with Crippen molar-refractivity contribution in [1.82, 2.24) is 19.6 Å². The van der Waals surface area contributed by atoms with E-state index in [9.17, 15) is 9.59 Å². The zero-order valence-corrected chi connectivity index (χ0v) is 15.2. The largest absolute Gasteiger partial charge is 0.343 e. The van der Waals surface area contributed by atoms with Crippen LogP contribution < -0.4 is 0 Å². The van der Waals surface area contributed by atoms with Crippen LogP contribution in [0, 0.1) is 0 Å². The molecule has 0 unspecified atom stereocenters. The van der Waals surface area contributed by atoms with Gasteiger partial charge in [0.25, 0.3) is 5.91 Å². The number of hydrogen-bond acceptors (Lipinski definition) is 4. The zero-order chi connectivity index (χ0) is 18.6. The molecule has 140 valence electrons. The van der Waals surface area contributed by atoms with Gasteiger partial charge in [0.1, 0.15) is 11.8 Å². The summed E-state index contributed by atoms with van der Waals surface area (Å²) in [4.78, 5) is 29.5. The molecule has 0 aliphatic carbocycles. The average Bonchev–Trinajstić information content (AvgIpc) is 3.43. The molecule has 7 nitrogen and oxygen atoms in total. The highest BCUT2D eigenvalue weighted by Gasteiger charge is 2.65. The quantitative estimate of drug-likeness (QED) is 0.831. The Morgan fingerprint density at radius 2 is 2.11 bits per heavy atom. The second-order valence-electron chi connectivity index (χ2n) is 7.37. The van der Waals surface area contributed by atoms with Gasteiger partial charge >= 0.3 is 0 Å². The fraction of sp³-hybridized carbons (Fsp3) is 0.450. The normalized spacial score (nSPS) is 29.3. The summed E-state index contributed by atoms with van der Waals surface area (Å²) in [6.45, 7) is 3.73. The molecule has 3 aliphatic rings. The highest BCUT2D eigenvalue weighted by molar-refractivity contribution is 5.94. The minimum absolute atomic E-state index is 0.0694. The first kappa shape index (κ1) is 16.5. The van der Waals surface area contributed by atoms with Gasteiger partial charge in [-0.15, -0.1) is 0 Å². The summed E-state index contributed by atoms with van der Waals surface area (Å²) in [6, 6.07) is 11.5. The summed E-state index contributed by atoms with van der Waals surface area (Å²) in [5, 5.41) is 4.20. The standard InChI is InChI=1S/C20H22N4O3/c1-2-24-15(8-10-21-24)19(26)22-11-9-20-17(22)12-18(25)23(20)13-16(27-20)14-6-4-3-5-7-14/h3-8,10,16-17H,2,9,11-13H2,1H3/t16-,17-,20+/m1/s1. The molecule has 3 atom stereocenters. The third-order valence-corrected chi connectivity index (χ3v) is 6.10. The topological polar surface area (TPSA) is 67.7 Å². The van der Waals surface area contributed by atoms with E-state index in [1.54, 1.807) is 16.9 Å². The van der Waals surface area contributed by atoms with Gasteiger partial charge in [0.05, 0.1) is 19.0 Å². The van der Waals surface area contributed by atoms with Gasteiger partial charge in [-0.3, -0.25) is 14.3 Å². The first-order valence-electron chi connectivity index (χ1n) is 9.50. The van der Waals surface area contributed by atoms with Crippen LogP contribution >= 0.6 is 0 Å². The number of rotatable bonds is 3. The summed E-state index contributed by atoms with van der Waals surface area (Å²) in [5.74, 6) is -0.00225. The number of nitrogens with zero attached hydrogens (tertiary/aromatic N) is 4. The molecule has 0 saturated carbocycles. The molecule has 2 amide bonds.